The third-order valence-electron chi connectivity index (χ3n) is 1.50. The zero-order chi connectivity index (χ0) is 7.82. The van der Waals surface area contributed by atoms with E-state index in [1.54, 1.807) is 0 Å². The molecule has 2 heteroatoms. The third-order valence-corrected chi connectivity index (χ3v) is 4.50. The van der Waals surface area contributed by atoms with Crippen molar-refractivity contribution in [2.75, 3.05) is 0 Å². The molecule has 56 valence electrons. The van der Waals surface area contributed by atoms with E-state index >= 15 is 0 Å². The number of hydrogen-bond donors (Lipinski definition) is 0. The van der Waals surface area contributed by atoms with Crippen LogP contribution in [0.2, 0.25) is 15.8 Å². The Bertz CT molecular complexity index is 97.0. The molecule has 0 N–H and O–H groups in total. The third kappa shape index (κ3) is 8.25. The molecule has 0 bridgehead atoms. The van der Waals surface area contributed by atoms with Gasteiger partial charge >= 0.3 is 18.9 Å². The molecule has 0 aliphatic heterocycles. The first-order valence-corrected chi connectivity index (χ1v) is 6.12. The minimum absolute atomic E-state index is 0. The van der Waals surface area contributed by atoms with Crippen LogP contribution in [0.3, 0.4) is 0 Å². The van der Waals surface area contributed by atoms with E-state index in [1.807, 2.05) is 18.2 Å². The average molecular weight is 158 g/mol. The maximum absolute atomic E-state index is 3.73. The van der Waals surface area contributed by atoms with Crippen LogP contribution in [0.5, 0.6) is 0 Å². The summed E-state index contributed by atoms with van der Waals surface area (Å²) in [6.45, 7) is 11.2. The van der Waals surface area contributed by atoms with Gasteiger partial charge in [0.15, 0.2) is 0 Å². The molecule has 0 amide bonds. The van der Waals surface area contributed by atoms with Gasteiger partial charge in [0.05, 0.1) is 0 Å². The second kappa shape index (κ2) is 10.3. The van der Waals surface area contributed by atoms with Crippen LogP contribution in [0, 0.1) is 0 Å². The minimum atomic E-state index is -0.588. The molecule has 0 unspecified atom stereocenters. The van der Waals surface area contributed by atoms with Gasteiger partial charge in [-0.15, -0.1) is 38.0 Å². The van der Waals surface area contributed by atoms with Crippen molar-refractivity contribution in [3.05, 3.63) is 38.0 Å². The first-order chi connectivity index (χ1) is 4.85. The Kier molecular flexibility index (Phi) is 13.1. The Labute approximate surface area is 86.6 Å². The predicted octanol–water partition coefficient (Wildman–Crippen LogP) is 2.39. The Morgan fingerprint density at radius 2 is 1.09 bits per heavy atom. The van der Waals surface area contributed by atoms with Crippen LogP contribution in [0.15, 0.2) is 38.0 Å². The predicted molar refractivity (Wildman–Crippen MR) is 57.9 cm³/mol. The zero-order valence-electron chi connectivity index (χ0n) is 6.55. The SMILES string of the molecule is C=C[CH2][Al]([CH2]C=C)[CH2]C=C.[LiH]. The van der Waals surface area contributed by atoms with Crippen LogP contribution in [-0.2, 0) is 0 Å². The molecule has 0 nitrogen and oxygen atoms in total. The van der Waals surface area contributed by atoms with Gasteiger partial charge in [0, 0.05) is 0 Å². The Balaban J connectivity index is 0. The molecule has 0 fully saturated rings. The van der Waals surface area contributed by atoms with Gasteiger partial charge in [-0.1, -0.05) is 15.8 Å². The molecular weight excluding hydrogens is 142 g/mol. The van der Waals surface area contributed by atoms with Crippen LogP contribution in [0.4, 0.5) is 0 Å². The van der Waals surface area contributed by atoms with Gasteiger partial charge in [-0.3, -0.25) is 0 Å². The van der Waals surface area contributed by atoms with E-state index in [0.717, 1.165) is 0 Å². The van der Waals surface area contributed by atoms with Gasteiger partial charge in [-0.05, 0) is 0 Å². The van der Waals surface area contributed by atoms with Crippen molar-refractivity contribution in [1.82, 2.24) is 0 Å². The fraction of sp³-hybridized carbons (Fsp3) is 0.333. The molecule has 11 heavy (non-hydrogen) atoms. The number of rotatable bonds is 6. The maximum atomic E-state index is 3.73. The van der Waals surface area contributed by atoms with Crippen molar-refractivity contribution in [3.63, 3.8) is 0 Å². The van der Waals surface area contributed by atoms with Crippen LogP contribution in [0.1, 0.15) is 0 Å². The van der Waals surface area contributed by atoms with Crippen LogP contribution < -0.4 is 0 Å². The summed E-state index contributed by atoms with van der Waals surface area (Å²) in [5.41, 5.74) is 0. The Morgan fingerprint density at radius 1 is 0.818 bits per heavy atom. The van der Waals surface area contributed by atoms with Gasteiger partial charge in [-0.25, -0.2) is 0 Å². The van der Waals surface area contributed by atoms with Gasteiger partial charge in [0.25, 0.3) is 14.1 Å². The normalized spacial score (nSPS) is 7.64. The van der Waals surface area contributed by atoms with Gasteiger partial charge in [-0.2, -0.15) is 0 Å². The quantitative estimate of drug-likeness (QED) is 0.411. The van der Waals surface area contributed by atoms with Crippen LogP contribution >= 0.6 is 0 Å². The molecular formula is C9H16AlLi. The van der Waals surface area contributed by atoms with Gasteiger partial charge in [0.1, 0.15) is 0 Å². The number of allylic oxidation sites excluding steroid dienone is 3. The molecule has 0 atom stereocenters. The Hall–Kier alpha value is 0.350. The van der Waals surface area contributed by atoms with Crippen molar-refractivity contribution in [2.24, 2.45) is 0 Å². The summed E-state index contributed by atoms with van der Waals surface area (Å²) in [4.78, 5) is 0. The van der Waals surface area contributed by atoms with E-state index in [0.29, 0.717) is 0 Å². The summed E-state index contributed by atoms with van der Waals surface area (Å²) in [7, 11) is 0. The monoisotopic (exact) mass is 158 g/mol. The first-order valence-electron chi connectivity index (χ1n) is 3.67. The molecule has 0 aliphatic rings. The standard InChI is InChI=1S/3C3H5.Al.Li.H/c3*1-3-2;;;/h3*3H,1-2H2;;;. The number of hydrogen-bond acceptors (Lipinski definition) is 0. The molecule has 0 aromatic heterocycles. The van der Waals surface area contributed by atoms with Gasteiger partial charge in [0.2, 0.25) is 0 Å². The summed E-state index contributed by atoms with van der Waals surface area (Å²) in [5, 5.41) is 3.62. The van der Waals surface area contributed by atoms with E-state index < -0.39 is 14.1 Å². The molecule has 0 saturated carbocycles. The van der Waals surface area contributed by atoms with Crippen molar-refractivity contribution in [2.45, 2.75) is 15.8 Å². The molecule has 0 aliphatic carbocycles. The molecule has 0 aromatic carbocycles. The molecule has 0 radical (unpaired) electrons. The van der Waals surface area contributed by atoms with Crippen LogP contribution in [0.25, 0.3) is 0 Å². The summed E-state index contributed by atoms with van der Waals surface area (Å²) < 4.78 is 0. The van der Waals surface area contributed by atoms with Crippen molar-refractivity contribution < 1.29 is 0 Å². The second-order valence-corrected chi connectivity index (χ2v) is 5.59. The first kappa shape index (κ1) is 13.9. The summed E-state index contributed by atoms with van der Waals surface area (Å²) in [5.74, 6) is 0. The zero-order valence-corrected chi connectivity index (χ0v) is 7.71. The van der Waals surface area contributed by atoms with Crippen molar-refractivity contribution in [3.8, 4) is 0 Å². The van der Waals surface area contributed by atoms with E-state index in [4.69, 9.17) is 0 Å². The Morgan fingerprint density at radius 3 is 1.27 bits per heavy atom. The molecule has 0 saturated heterocycles. The van der Waals surface area contributed by atoms with Crippen LogP contribution in [-0.4, -0.2) is 33.0 Å². The summed E-state index contributed by atoms with van der Waals surface area (Å²) in [6, 6.07) is 0. The fourth-order valence-corrected chi connectivity index (χ4v) is 2.99. The van der Waals surface area contributed by atoms with E-state index in [9.17, 15) is 0 Å². The van der Waals surface area contributed by atoms with Crippen molar-refractivity contribution >= 4 is 33.0 Å². The van der Waals surface area contributed by atoms with E-state index in [2.05, 4.69) is 19.7 Å². The van der Waals surface area contributed by atoms with Gasteiger partial charge < -0.3 is 0 Å². The second-order valence-electron chi connectivity index (χ2n) is 2.44. The van der Waals surface area contributed by atoms with E-state index in [-0.39, 0.29) is 18.9 Å². The summed E-state index contributed by atoms with van der Waals surface area (Å²) >= 11 is -0.588. The molecule has 0 spiro atoms. The van der Waals surface area contributed by atoms with E-state index in [1.165, 1.54) is 15.8 Å². The fourth-order valence-electron chi connectivity index (χ4n) is 0.996. The average Bonchev–Trinajstić information content (AvgIpc) is 1.90. The van der Waals surface area contributed by atoms with Crippen molar-refractivity contribution in [1.29, 1.82) is 0 Å². The topological polar surface area (TPSA) is 0 Å². The molecule has 0 rings (SSSR count). The molecule has 0 heterocycles. The summed E-state index contributed by atoms with van der Waals surface area (Å²) in [6.07, 6.45) is 6.05. The molecule has 0 aromatic rings.